The maximum Gasteiger partial charge on any atom is 0.229 e. The molecule has 1 amide bonds. The van der Waals surface area contributed by atoms with Crippen LogP contribution in [0.25, 0.3) is 0 Å². The molecule has 1 heterocycles. The van der Waals surface area contributed by atoms with E-state index in [1.807, 2.05) is 24.3 Å². The van der Waals surface area contributed by atoms with Crippen LogP contribution in [-0.4, -0.2) is 28.5 Å². The van der Waals surface area contributed by atoms with Gasteiger partial charge in [-0.3, -0.25) is 4.79 Å². The van der Waals surface area contributed by atoms with E-state index in [-0.39, 0.29) is 41.5 Å². The third-order valence-electron chi connectivity index (χ3n) is 5.29. The van der Waals surface area contributed by atoms with Gasteiger partial charge in [-0.05, 0) is 30.4 Å². The van der Waals surface area contributed by atoms with Crippen LogP contribution in [0.3, 0.4) is 0 Å². The predicted molar refractivity (Wildman–Crippen MR) is 108 cm³/mol. The van der Waals surface area contributed by atoms with E-state index in [0.29, 0.717) is 18.0 Å². The summed E-state index contributed by atoms with van der Waals surface area (Å²) >= 11 is 0. The first-order valence-corrected chi connectivity index (χ1v) is 9.42. The highest BCUT2D eigenvalue weighted by Gasteiger charge is 2.47. The number of nitrogens with zero attached hydrogens (tertiary/aromatic N) is 2. The number of allylic oxidation sites excluding steroid dienone is 1. The lowest BCUT2D eigenvalue weighted by molar-refractivity contribution is -0.122. The van der Waals surface area contributed by atoms with Gasteiger partial charge in [0.25, 0.3) is 0 Å². The van der Waals surface area contributed by atoms with Crippen molar-refractivity contribution in [3.8, 4) is 5.75 Å². The number of nitrogens with two attached hydrogens (primary N) is 1. The van der Waals surface area contributed by atoms with Crippen LogP contribution >= 0.6 is 0 Å². The van der Waals surface area contributed by atoms with E-state index in [9.17, 15) is 9.18 Å². The highest BCUT2D eigenvalue weighted by molar-refractivity contribution is 5.79. The molecular weight excluding hydrogens is 373 g/mol. The van der Waals surface area contributed by atoms with Crippen LogP contribution in [0.1, 0.15) is 6.42 Å². The summed E-state index contributed by atoms with van der Waals surface area (Å²) in [5.41, 5.74) is 6.27. The molecule has 7 nitrogen and oxygen atoms in total. The Morgan fingerprint density at radius 2 is 2.21 bits per heavy atom. The lowest BCUT2D eigenvalue weighted by atomic mass is 9.88. The molecule has 0 aliphatic heterocycles. The topological polar surface area (TPSA) is 102 Å². The number of benzene rings is 1. The largest absolute Gasteiger partial charge is 0.489 e. The fourth-order valence-corrected chi connectivity index (χ4v) is 4.04. The third-order valence-corrected chi connectivity index (χ3v) is 5.29. The number of halogens is 1. The first-order chi connectivity index (χ1) is 14.0. The summed E-state index contributed by atoms with van der Waals surface area (Å²) in [6, 6.07) is 6.97. The molecule has 2 aliphatic rings. The number of hydrogen-bond donors (Lipinski definition) is 3. The second kappa shape index (κ2) is 7.90. The van der Waals surface area contributed by atoms with E-state index in [0.717, 1.165) is 12.6 Å². The molecule has 2 bridgehead atoms. The van der Waals surface area contributed by atoms with Gasteiger partial charge in [0.15, 0.2) is 11.6 Å². The van der Waals surface area contributed by atoms with Crippen molar-refractivity contribution in [1.29, 1.82) is 0 Å². The van der Waals surface area contributed by atoms with E-state index in [4.69, 9.17) is 10.5 Å². The summed E-state index contributed by atoms with van der Waals surface area (Å²) in [5, 5.41) is 6.12. The second-order valence-corrected chi connectivity index (χ2v) is 7.19. The van der Waals surface area contributed by atoms with E-state index in [1.54, 1.807) is 12.1 Å². The van der Waals surface area contributed by atoms with Gasteiger partial charge in [0.1, 0.15) is 12.4 Å². The first kappa shape index (κ1) is 18.9. The predicted octanol–water partition coefficient (Wildman–Crippen LogP) is 3.01. The average Bonchev–Trinajstić information content (AvgIpc) is 3.31. The minimum absolute atomic E-state index is 0.0405. The van der Waals surface area contributed by atoms with Gasteiger partial charge in [0, 0.05) is 17.8 Å². The Labute approximate surface area is 167 Å². The van der Waals surface area contributed by atoms with Crippen molar-refractivity contribution in [3.05, 3.63) is 61.1 Å². The number of hydrogen-bond acceptors (Lipinski definition) is 6. The molecule has 0 spiro atoms. The first-order valence-electron chi connectivity index (χ1n) is 9.42. The minimum Gasteiger partial charge on any atom is -0.489 e. The van der Waals surface area contributed by atoms with Crippen LogP contribution in [-0.2, 0) is 4.79 Å². The van der Waals surface area contributed by atoms with Gasteiger partial charge in [0.05, 0.1) is 12.1 Å². The Hall–Kier alpha value is -3.42. The van der Waals surface area contributed by atoms with Gasteiger partial charge >= 0.3 is 0 Å². The van der Waals surface area contributed by atoms with E-state index < -0.39 is 5.82 Å². The number of nitrogens with one attached hydrogen (secondary N) is 2. The van der Waals surface area contributed by atoms with Crippen LogP contribution in [0.4, 0.5) is 21.8 Å². The summed E-state index contributed by atoms with van der Waals surface area (Å²) in [7, 11) is 0. The molecular formula is C21H22FN5O2. The molecule has 1 aromatic carbocycles. The van der Waals surface area contributed by atoms with Gasteiger partial charge in [-0.15, -0.1) is 0 Å². The number of amides is 1. The molecule has 0 saturated heterocycles. The number of carbonyl (C=O) groups is 1. The SMILES string of the molecule is C=CCOc1cccc(Nc2ncc(F)c(N[C@H]3[C@@H](C(N)=O)[C@@H]4C=C[C@H]3C4)n2)c1. The molecule has 29 heavy (non-hydrogen) atoms. The lowest BCUT2D eigenvalue weighted by Gasteiger charge is -2.27. The van der Waals surface area contributed by atoms with Crippen molar-refractivity contribution in [2.24, 2.45) is 23.5 Å². The molecule has 4 N–H and O–H groups in total. The molecule has 4 atom stereocenters. The van der Waals surface area contributed by atoms with Crippen molar-refractivity contribution in [2.45, 2.75) is 12.5 Å². The van der Waals surface area contributed by atoms with Crippen molar-refractivity contribution >= 4 is 23.4 Å². The zero-order chi connectivity index (χ0) is 20.4. The van der Waals surface area contributed by atoms with E-state index in [2.05, 4.69) is 33.3 Å². The summed E-state index contributed by atoms with van der Waals surface area (Å²) in [6.45, 7) is 4.01. The number of aromatic nitrogens is 2. The Kier molecular flexibility index (Phi) is 5.16. The highest BCUT2D eigenvalue weighted by atomic mass is 19.1. The Balaban J connectivity index is 1.52. The van der Waals surface area contributed by atoms with Gasteiger partial charge in [-0.2, -0.15) is 4.98 Å². The fraction of sp³-hybridized carbons (Fsp3) is 0.286. The molecule has 2 aliphatic carbocycles. The van der Waals surface area contributed by atoms with Crippen molar-refractivity contribution in [3.63, 3.8) is 0 Å². The zero-order valence-corrected chi connectivity index (χ0v) is 15.7. The zero-order valence-electron chi connectivity index (χ0n) is 15.7. The van der Waals surface area contributed by atoms with Crippen LogP contribution in [0.2, 0.25) is 0 Å². The Morgan fingerprint density at radius 1 is 1.38 bits per heavy atom. The quantitative estimate of drug-likeness (QED) is 0.594. The summed E-state index contributed by atoms with van der Waals surface area (Å²) in [4.78, 5) is 20.1. The molecule has 0 unspecified atom stereocenters. The van der Waals surface area contributed by atoms with Gasteiger partial charge in [-0.25, -0.2) is 9.37 Å². The lowest BCUT2D eigenvalue weighted by Crippen LogP contribution is -2.41. The van der Waals surface area contributed by atoms with E-state index >= 15 is 0 Å². The number of ether oxygens (including phenoxy) is 1. The van der Waals surface area contributed by atoms with Crippen LogP contribution in [0.15, 0.2) is 55.3 Å². The van der Waals surface area contributed by atoms with Crippen LogP contribution in [0.5, 0.6) is 5.75 Å². The highest BCUT2D eigenvalue weighted by Crippen LogP contribution is 2.44. The summed E-state index contributed by atoms with van der Waals surface area (Å²) < 4.78 is 19.9. The molecule has 8 heteroatoms. The normalized spacial score (nSPS) is 24.3. The Bertz CT molecular complexity index is 964. The molecule has 1 aromatic heterocycles. The van der Waals surface area contributed by atoms with E-state index in [1.165, 1.54) is 0 Å². The number of rotatable bonds is 8. The van der Waals surface area contributed by atoms with Gasteiger partial charge in [-0.1, -0.05) is 30.9 Å². The maximum atomic E-state index is 14.4. The molecule has 150 valence electrons. The average molecular weight is 395 g/mol. The monoisotopic (exact) mass is 395 g/mol. The Morgan fingerprint density at radius 3 is 3.00 bits per heavy atom. The van der Waals surface area contributed by atoms with Crippen LogP contribution in [0, 0.1) is 23.6 Å². The van der Waals surface area contributed by atoms with Gasteiger partial charge in [0.2, 0.25) is 11.9 Å². The summed E-state index contributed by atoms with van der Waals surface area (Å²) in [5.74, 6) is -0.208. The van der Waals surface area contributed by atoms with Gasteiger partial charge < -0.3 is 21.1 Å². The van der Waals surface area contributed by atoms with Crippen molar-refractivity contribution in [2.75, 3.05) is 17.2 Å². The number of fused-ring (bicyclic) bond motifs is 2. The molecule has 1 saturated carbocycles. The fourth-order valence-electron chi connectivity index (χ4n) is 4.04. The third kappa shape index (κ3) is 3.91. The number of primary amides is 1. The minimum atomic E-state index is -0.589. The second-order valence-electron chi connectivity index (χ2n) is 7.19. The smallest absolute Gasteiger partial charge is 0.229 e. The van der Waals surface area contributed by atoms with Crippen molar-refractivity contribution in [1.82, 2.24) is 9.97 Å². The molecule has 2 aromatic rings. The standard InChI is InChI=1S/C21H22FN5O2/c1-2-8-29-15-5-3-4-14(10-15)25-21-24-11-16(22)20(27-21)26-18-13-7-6-12(9-13)17(18)19(23)28/h2-7,10-13,17-18H,1,8-9H2,(H2,23,28)(H2,24,25,26,27)/t12-,13+,17+,18-/m1/s1. The maximum absolute atomic E-state index is 14.4. The summed E-state index contributed by atoms with van der Waals surface area (Å²) in [6.07, 6.45) is 7.65. The number of carbonyl (C=O) groups excluding carboxylic acids is 1. The van der Waals surface area contributed by atoms with Crippen LogP contribution < -0.4 is 21.1 Å². The molecule has 1 fully saturated rings. The molecule has 0 radical (unpaired) electrons. The number of anilines is 3. The van der Waals surface area contributed by atoms with Crippen molar-refractivity contribution < 1.29 is 13.9 Å². The molecule has 4 rings (SSSR count).